The second kappa shape index (κ2) is 9.29. The second-order valence-corrected chi connectivity index (χ2v) is 10.0. The van der Waals surface area contributed by atoms with Gasteiger partial charge in [-0.25, -0.2) is 13.1 Å². The highest BCUT2D eigenvalue weighted by Crippen LogP contribution is 2.28. The van der Waals surface area contributed by atoms with E-state index in [2.05, 4.69) is 10.0 Å². The van der Waals surface area contributed by atoms with Gasteiger partial charge in [-0.15, -0.1) is 11.8 Å². The molecule has 1 fully saturated rings. The van der Waals surface area contributed by atoms with Crippen molar-refractivity contribution in [2.24, 2.45) is 0 Å². The first-order chi connectivity index (χ1) is 14.7. The Kier molecular flexibility index (Phi) is 6.93. The van der Waals surface area contributed by atoms with Crippen LogP contribution in [0.5, 0.6) is 5.75 Å². The van der Waals surface area contributed by atoms with Crippen molar-refractivity contribution in [1.29, 1.82) is 0 Å². The van der Waals surface area contributed by atoms with Crippen molar-refractivity contribution in [3.8, 4) is 5.75 Å². The molecule has 1 aliphatic rings. The molecule has 2 aromatic carbocycles. The van der Waals surface area contributed by atoms with Gasteiger partial charge >= 0.3 is 0 Å². The first-order valence-corrected chi connectivity index (χ1v) is 12.2. The molecule has 2 N–H and O–H groups in total. The van der Waals surface area contributed by atoms with Gasteiger partial charge in [0.15, 0.2) is 0 Å². The topological polar surface area (TPSA) is 105 Å². The predicted molar refractivity (Wildman–Crippen MR) is 121 cm³/mol. The Balaban J connectivity index is 1.84. The maximum atomic E-state index is 13.2. The van der Waals surface area contributed by atoms with Gasteiger partial charge in [-0.3, -0.25) is 9.59 Å². The van der Waals surface area contributed by atoms with Gasteiger partial charge in [0.1, 0.15) is 16.7 Å². The molecule has 2 aromatic rings. The molecule has 3 rings (SSSR count). The lowest BCUT2D eigenvalue weighted by atomic mass is 10.1. The zero-order chi connectivity index (χ0) is 22.8. The van der Waals surface area contributed by atoms with E-state index in [-0.39, 0.29) is 22.1 Å². The minimum absolute atomic E-state index is 0.130. The molecule has 2 amide bonds. The van der Waals surface area contributed by atoms with Gasteiger partial charge < -0.3 is 15.0 Å². The molecule has 0 aromatic heterocycles. The second-order valence-electron chi connectivity index (χ2n) is 7.15. The molecule has 1 heterocycles. The number of hydrogen-bond acceptors (Lipinski definition) is 6. The number of rotatable bonds is 6. The van der Waals surface area contributed by atoms with Gasteiger partial charge in [-0.05, 0) is 62.4 Å². The third-order valence-electron chi connectivity index (χ3n) is 5.19. The minimum atomic E-state index is -3.83. The zero-order valence-corrected chi connectivity index (χ0v) is 19.4. The first-order valence-electron chi connectivity index (χ1n) is 9.56. The van der Waals surface area contributed by atoms with Crippen LogP contribution < -0.4 is 14.8 Å². The molecule has 1 unspecified atom stereocenters. The largest absolute Gasteiger partial charge is 0.495 e. The molecule has 1 saturated heterocycles. The molecule has 10 heteroatoms. The van der Waals surface area contributed by atoms with E-state index in [1.807, 2.05) is 32.0 Å². The van der Waals surface area contributed by atoms with Gasteiger partial charge in [0.25, 0.3) is 5.91 Å². The first kappa shape index (κ1) is 23.1. The fourth-order valence-electron chi connectivity index (χ4n) is 3.20. The van der Waals surface area contributed by atoms with E-state index in [9.17, 15) is 18.0 Å². The summed E-state index contributed by atoms with van der Waals surface area (Å²) in [5, 5.41) is 2.88. The molecule has 1 aliphatic heterocycles. The maximum absolute atomic E-state index is 13.2. The van der Waals surface area contributed by atoms with Crippen LogP contribution in [-0.4, -0.2) is 57.0 Å². The average Bonchev–Trinajstić information content (AvgIpc) is 3.25. The summed E-state index contributed by atoms with van der Waals surface area (Å²) in [6, 6.07) is 9.19. The van der Waals surface area contributed by atoms with E-state index >= 15 is 0 Å². The Hall–Kier alpha value is -2.56. The number of nitrogens with zero attached hydrogens (tertiary/aromatic N) is 1. The summed E-state index contributed by atoms with van der Waals surface area (Å²) in [5.74, 6) is 0.230. The number of ether oxygens (including phenoxy) is 1. The number of benzene rings is 2. The maximum Gasteiger partial charge on any atom is 0.255 e. The van der Waals surface area contributed by atoms with Gasteiger partial charge in [-0.2, -0.15) is 0 Å². The predicted octanol–water partition coefficient (Wildman–Crippen LogP) is 2.37. The zero-order valence-electron chi connectivity index (χ0n) is 17.8. The van der Waals surface area contributed by atoms with E-state index < -0.39 is 22.0 Å². The van der Waals surface area contributed by atoms with Gasteiger partial charge in [0.2, 0.25) is 15.9 Å². The van der Waals surface area contributed by atoms with Gasteiger partial charge in [0, 0.05) is 17.0 Å². The van der Waals surface area contributed by atoms with Crippen molar-refractivity contribution in [2.45, 2.75) is 24.8 Å². The molecule has 31 heavy (non-hydrogen) atoms. The van der Waals surface area contributed by atoms with Crippen LogP contribution in [0.4, 0.5) is 5.69 Å². The molecule has 0 spiro atoms. The number of carbonyl (C=O) groups is 2. The summed E-state index contributed by atoms with van der Waals surface area (Å²) in [6.07, 6.45) is 0. The van der Waals surface area contributed by atoms with Gasteiger partial charge in [-0.1, -0.05) is 6.07 Å². The van der Waals surface area contributed by atoms with Crippen molar-refractivity contribution in [3.05, 3.63) is 53.1 Å². The fraction of sp³-hybridized carbons (Fsp3) is 0.333. The lowest BCUT2D eigenvalue weighted by Crippen LogP contribution is -2.44. The highest BCUT2D eigenvalue weighted by atomic mass is 32.2. The number of methoxy groups -OCH3 is 1. The van der Waals surface area contributed by atoms with Gasteiger partial charge in [0.05, 0.1) is 13.0 Å². The lowest BCUT2D eigenvalue weighted by Gasteiger charge is -2.23. The number of nitrogens with one attached hydrogen (secondary N) is 2. The lowest BCUT2D eigenvalue weighted by molar-refractivity contribution is -0.119. The Morgan fingerprint density at radius 1 is 1.13 bits per heavy atom. The van der Waals surface area contributed by atoms with E-state index in [1.54, 1.807) is 0 Å². The Bertz CT molecular complexity index is 1120. The molecule has 166 valence electrons. The van der Waals surface area contributed by atoms with Crippen molar-refractivity contribution >= 4 is 39.3 Å². The quantitative estimate of drug-likeness (QED) is 0.682. The SMILES string of the molecule is CNS(=O)(=O)c1cc(C(=O)N2CSCC2C(=O)Nc2ccc(C)c(C)c2)ccc1OC. The molecule has 0 bridgehead atoms. The Labute approximate surface area is 186 Å². The average molecular weight is 464 g/mol. The molecule has 1 atom stereocenters. The van der Waals surface area contributed by atoms with E-state index in [1.165, 1.54) is 49.0 Å². The van der Waals surface area contributed by atoms with E-state index in [4.69, 9.17) is 4.74 Å². The number of carbonyl (C=O) groups excluding carboxylic acids is 2. The summed E-state index contributed by atoms with van der Waals surface area (Å²) in [5.41, 5.74) is 3.02. The van der Waals surface area contributed by atoms with Crippen LogP contribution in [-0.2, 0) is 14.8 Å². The van der Waals surface area contributed by atoms with Crippen molar-refractivity contribution in [3.63, 3.8) is 0 Å². The highest BCUT2D eigenvalue weighted by Gasteiger charge is 2.35. The summed E-state index contributed by atoms with van der Waals surface area (Å²) < 4.78 is 32.0. The summed E-state index contributed by atoms with van der Waals surface area (Å²) in [6.45, 7) is 3.96. The van der Waals surface area contributed by atoms with Crippen molar-refractivity contribution in [2.75, 3.05) is 31.1 Å². The Morgan fingerprint density at radius 3 is 2.52 bits per heavy atom. The molecular formula is C21H25N3O5S2. The number of aryl methyl sites for hydroxylation is 2. The number of thioether (sulfide) groups is 1. The standard InChI is InChI=1S/C21H25N3O5S2/c1-13-5-7-16(9-14(13)2)23-20(25)17-11-30-12-24(17)21(26)15-6-8-18(29-4)19(10-15)31(27,28)22-3/h5-10,17,22H,11-12H2,1-4H3,(H,23,25). The molecule has 8 nitrogen and oxygen atoms in total. The minimum Gasteiger partial charge on any atom is -0.495 e. The van der Waals surface area contributed by atoms with Crippen LogP contribution >= 0.6 is 11.8 Å². The molecule has 0 radical (unpaired) electrons. The molecule has 0 aliphatic carbocycles. The third kappa shape index (κ3) is 4.86. The van der Waals surface area contributed by atoms with Crippen molar-refractivity contribution in [1.82, 2.24) is 9.62 Å². The van der Waals surface area contributed by atoms with E-state index in [0.29, 0.717) is 17.3 Å². The molecular weight excluding hydrogens is 438 g/mol. The number of amides is 2. The summed E-state index contributed by atoms with van der Waals surface area (Å²) in [7, 11) is -1.19. The normalized spacial score (nSPS) is 16.3. The van der Waals surface area contributed by atoms with Crippen molar-refractivity contribution < 1.29 is 22.7 Å². The van der Waals surface area contributed by atoms with Crippen LogP contribution in [0.25, 0.3) is 0 Å². The fourth-order valence-corrected chi connectivity index (χ4v) is 5.27. The highest BCUT2D eigenvalue weighted by molar-refractivity contribution is 7.99. The summed E-state index contributed by atoms with van der Waals surface area (Å²) in [4.78, 5) is 27.4. The summed E-state index contributed by atoms with van der Waals surface area (Å²) >= 11 is 1.47. The van der Waals surface area contributed by atoms with Crippen LogP contribution in [0.3, 0.4) is 0 Å². The van der Waals surface area contributed by atoms with E-state index in [0.717, 1.165) is 11.1 Å². The van der Waals surface area contributed by atoms with Crippen LogP contribution in [0.2, 0.25) is 0 Å². The Morgan fingerprint density at radius 2 is 1.87 bits per heavy atom. The van der Waals surface area contributed by atoms with Crippen LogP contribution in [0.15, 0.2) is 41.3 Å². The third-order valence-corrected chi connectivity index (χ3v) is 7.64. The number of anilines is 1. The van der Waals surface area contributed by atoms with Crippen LogP contribution in [0, 0.1) is 13.8 Å². The monoisotopic (exact) mass is 463 g/mol. The number of sulfonamides is 1. The number of hydrogen-bond donors (Lipinski definition) is 2. The smallest absolute Gasteiger partial charge is 0.255 e. The molecule has 0 saturated carbocycles. The van der Waals surface area contributed by atoms with Crippen LogP contribution in [0.1, 0.15) is 21.5 Å².